The van der Waals surface area contributed by atoms with Crippen LogP contribution in [0.25, 0.3) is 0 Å². The van der Waals surface area contributed by atoms with Gasteiger partial charge >= 0.3 is 0 Å². The lowest BCUT2D eigenvalue weighted by Crippen LogP contribution is -2.52. The summed E-state index contributed by atoms with van der Waals surface area (Å²) in [6, 6.07) is 0. The minimum absolute atomic E-state index is 0.0309. The fourth-order valence-electron chi connectivity index (χ4n) is 1.29. The van der Waals surface area contributed by atoms with Gasteiger partial charge in [-0.25, -0.2) is 0 Å². The number of rotatable bonds is 3. The lowest BCUT2D eigenvalue weighted by atomic mass is 10.0. The van der Waals surface area contributed by atoms with Crippen molar-refractivity contribution in [3.05, 3.63) is 12.4 Å². The normalized spacial score (nSPS) is 25.1. The second-order valence-electron chi connectivity index (χ2n) is 3.14. The highest BCUT2D eigenvalue weighted by molar-refractivity contribution is 5.14. The smallest absolute Gasteiger partial charge is 0.160 e. The first kappa shape index (κ1) is 9.90. The number of terminal acetylenes is 1. The molecule has 1 heterocycles. The van der Waals surface area contributed by atoms with Gasteiger partial charge in [0, 0.05) is 18.9 Å². The molecule has 0 aliphatic carbocycles. The molecule has 4 nitrogen and oxygen atoms in total. The highest BCUT2D eigenvalue weighted by atomic mass is 16.3. The lowest BCUT2D eigenvalue weighted by Gasteiger charge is -2.33. The molecule has 72 valence electrons. The van der Waals surface area contributed by atoms with E-state index in [1.165, 1.54) is 0 Å². The summed E-state index contributed by atoms with van der Waals surface area (Å²) < 4.78 is 0. The highest BCUT2D eigenvalue weighted by Crippen LogP contribution is 2.16. The molecule has 4 heteroatoms. The number of nitrogens with zero attached hydrogens (tertiary/aromatic N) is 1. The number of aliphatic hydroxyl groups is 2. The second kappa shape index (κ2) is 3.69. The van der Waals surface area contributed by atoms with Crippen LogP contribution in [0.4, 0.5) is 0 Å². The molecule has 0 spiro atoms. The summed E-state index contributed by atoms with van der Waals surface area (Å²) in [5.41, 5.74) is -1.24. The van der Waals surface area contributed by atoms with Crippen LogP contribution in [0.5, 0.6) is 0 Å². The standard InChI is InChI=1S/C9H14N2O2/c1-3-9(2,13)8-10-4-5-11(8)6-7-12/h1,4-5,8,10,12-13H,6-7H2,2H3. The maximum Gasteiger partial charge on any atom is 0.160 e. The number of aliphatic hydroxyl groups excluding tert-OH is 1. The Labute approximate surface area is 77.9 Å². The summed E-state index contributed by atoms with van der Waals surface area (Å²) in [4.78, 5) is 1.76. The third-order valence-corrected chi connectivity index (χ3v) is 2.03. The van der Waals surface area contributed by atoms with Gasteiger partial charge in [0.15, 0.2) is 5.60 Å². The molecule has 2 atom stereocenters. The van der Waals surface area contributed by atoms with Crippen molar-refractivity contribution in [3.63, 3.8) is 0 Å². The topological polar surface area (TPSA) is 55.7 Å². The minimum Gasteiger partial charge on any atom is -0.395 e. The summed E-state index contributed by atoms with van der Waals surface area (Å²) in [5, 5.41) is 21.4. The van der Waals surface area contributed by atoms with Crippen LogP contribution in [0, 0.1) is 12.3 Å². The summed E-state index contributed by atoms with van der Waals surface area (Å²) >= 11 is 0. The van der Waals surface area contributed by atoms with Gasteiger partial charge in [-0.15, -0.1) is 6.42 Å². The quantitative estimate of drug-likeness (QED) is 0.493. The number of hydrogen-bond donors (Lipinski definition) is 3. The second-order valence-corrected chi connectivity index (χ2v) is 3.14. The van der Waals surface area contributed by atoms with E-state index < -0.39 is 5.60 Å². The van der Waals surface area contributed by atoms with Crippen molar-refractivity contribution in [1.82, 2.24) is 10.2 Å². The van der Waals surface area contributed by atoms with Crippen LogP contribution < -0.4 is 5.32 Å². The van der Waals surface area contributed by atoms with E-state index >= 15 is 0 Å². The van der Waals surface area contributed by atoms with Crippen LogP contribution in [0.2, 0.25) is 0 Å². The van der Waals surface area contributed by atoms with E-state index in [-0.39, 0.29) is 12.8 Å². The van der Waals surface area contributed by atoms with Crippen molar-refractivity contribution in [1.29, 1.82) is 0 Å². The van der Waals surface area contributed by atoms with Gasteiger partial charge in [-0.1, -0.05) is 5.92 Å². The Morgan fingerprint density at radius 1 is 1.77 bits per heavy atom. The monoisotopic (exact) mass is 182 g/mol. The molecule has 1 rings (SSSR count). The molecule has 3 N–H and O–H groups in total. The van der Waals surface area contributed by atoms with Crippen LogP contribution in [-0.4, -0.2) is 40.0 Å². The number of nitrogens with one attached hydrogen (secondary N) is 1. The Kier molecular flexibility index (Phi) is 2.81. The van der Waals surface area contributed by atoms with Gasteiger partial charge in [0.05, 0.1) is 6.61 Å². The first-order valence-electron chi connectivity index (χ1n) is 4.11. The van der Waals surface area contributed by atoms with Crippen molar-refractivity contribution < 1.29 is 10.2 Å². The SMILES string of the molecule is C#CC(C)(O)C1NC=CN1CCO. The van der Waals surface area contributed by atoms with Crippen LogP contribution in [0.1, 0.15) is 6.92 Å². The lowest BCUT2D eigenvalue weighted by molar-refractivity contribution is 0.0235. The molecule has 0 saturated carbocycles. The number of β-amino-alcohol motifs (C(OH)–C–C–N with tert-alkyl or cyclic N) is 1. The first-order chi connectivity index (χ1) is 6.11. The zero-order valence-electron chi connectivity index (χ0n) is 7.57. The van der Waals surface area contributed by atoms with Crippen LogP contribution >= 0.6 is 0 Å². The molecular formula is C9H14N2O2. The molecule has 0 radical (unpaired) electrons. The Balaban J connectivity index is 2.67. The van der Waals surface area contributed by atoms with Gasteiger partial charge in [0.1, 0.15) is 6.17 Å². The van der Waals surface area contributed by atoms with E-state index in [2.05, 4.69) is 11.2 Å². The Hall–Kier alpha value is -1.18. The fraction of sp³-hybridized carbons (Fsp3) is 0.556. The summed E-state index contributed by atoms with van der Waals surface area (Å²) in [6.07, 6.45) is 8.29. The van der Waals surface area contributed by atoms with Gasteiger partial charge in [-0.2, -0.15) is 0 Å². The summed E-state index contributed by atoms with van der Waals surface area (Å²) in [7, 11) is 0. The van der Waals surface area contributed by atoms with Crippen molar-refractivity contribution in [2.75, 3.05) is 13.2 Å². The molecule has 1 aliphatic heterocycles. The van der Waals surface area contributed by atoms with Crippen LogP contribution in [-0.2, 0) is 0 Å². The van der Waals surface area contributed by atoms with E-state index in [1.54, 1.807) is 24.2 Å². The van der Waals surface area contributed by atoms with Gasteiger partial charge in [-0.3, -0.25) is 0 Å². The zero-order valence-corrected chi connectivity index (χ0v) is 7.57. The predicted octanol–water partition coefficient (Wildman–Crippen LogP) is -0.935. The maximum absolute atomic E-state index is 9.76. The minimum atomic E-state index is -1.24. The molecule has 0 aromatic rings. The molecule has 0 saturated heterocycles. The average Bonchev–Trinajstić information content (AvgIpc) is 2.54. The van der Waals surface area contributed by atoms with E-state index in [0.717, 1.165) is 0 Å². The van der Waals surface area contributed by atoms with E-state index in [9.17, 15) is 5.11 Å². The third-order valence-electron chi connectivity index (χ3n) is 2.03. The van der Waals surface area contributed by atoms with E-state index in [1.807, 2.05) is 0 Å². The van der Waals surface area contributed by atoms with Crippen LogP contribution in [0.3, 0.4) is 0 Å². The molecular weight excluding hydrogens is 168 g/mol. The maximum atomic E-state index is 9.76. The molecule has 0 amide bonds. The summed E-state index contributed by atoms with van der Waals surface area (Å²) in [5.74, 6) is 2.30. The molecule has 0 fully saturated rings. The average molecular weight is 182 g/mol. The highest BCUT2D eigenvalue weighted by Gasteiger charge is 2.34. The molecule has 1 aliphatic rings. The van der Waals surface area contributed by atoms with E-state index in [0.29, 0.717) is 6.54 Å². The van der Waals surface area contributed by atoms with Crippen LogP contribution in [0.15, 0.2) is 12.4 Å². The summed E-state index contributed by atoms with van der Waals surface area (Å²) in [6.45, 7) is 2.04. The molecule has 0 aromatic carbocycles. The van der Waals surface area contributed by atoms with Gasteiger partial charge in [0.2, 0.25) is 0 Å². The van der Waals surface area contributed by atoms with E-state index in [4.69, 9.17) is 11.5 Å². The largest absolute Gasteiger partial charge is 0.395 e. The predicted molar refractivity (Wildman–Crippen MR) is 49.3 cm³/mol. The van der Waals surface area contributed by atoms with Gasteiger partial charge < -0.3 is 20.4 Å². The molecule has 0 aromatic heterocycles. The number of hydrogen-bond acceptors (Lipinski definition) is 4. The Bertz CT molecular complexity index is 242. The Morgan fingerprint density at radius 3 is 3.00 bits per heavy atom. The van der Waals surface area contributed by atoms with Gasteiger partial charge in [0.25, 0.3) is 0 Å². The van der Waals surface area contributed by atoms with Crippen molar-refractivity contribution in [3.8, 4) is 12.3 Å². The third kappa shape index (κ3) is 1.94. The van der Waals surface area contributed by atoms with Gasteiger partial charge in [-0.05, 0) is 6.92 Å². The van der Waals surface area contributed by atoms with Crippen molar-refractivity contribution >= 4 is 0 Å². The molecule has 0 bridgehead atoms. The molecule has 13 heavy (non-hydrogen) atoms. The first-order valence-corrected chi connectivity index (χ1v) is 4.11. The van der Waals surface area contributed by atoms with Crippen molar-refractivity contribution in [2.45, 2.75) is 18.7 Å². The zero-order chi connectivity index (χ0) is 9.90. The Morgan fingerprint density at radius 2 is 2.46 bits per heavy atom. The molecule has 2 unspecified atom stereocenters. The fourth-order valence-corrected chi connectivity index (χ4v) is 1.29. The van der Waals surface area contributed by atoms with Crippen molar-refractivity contribution in [2.24, 2.45) is 0 Å².